The summed E-state index contributed by atoms with van der Waals surface area (Å²) in [5.74, 6) is -2.34. The minimum atomic E-state index is -4.41. The van der Waals surface area contributed by atoms with E-state index in [2.05, 4.69) is 4.72 Å². The lowest BCUT2D eigenvalue weighted by Gasteiger charge is -2.27. The van der Waals surface area contributed by atoms with Crippen LogP contribution in [0.2, 0.25) is 0 Å². The molecule has 0 aromatic heterocycles. The van der Waals surface area contributed by atoms with Gasteiger partial charge in [-0.25, -0.2) is 17.2 Å². The van der Waals surface area contributed by atoms with Crippen molar-refractivity contribution < 1.29 is 26.7 Å². The molecule has 1 saturated heterocycles. The Hall–Kier alpha value is -2.52. The number of halogens is 2. The quantitative estimate of drug-likeness (QED) is 0.880. The van der Waals surface area contributed by atoms with Gasteiger partial charge in [0.05, 0.1) is 24.5 Å². The third-order valence-corrected chi connectivity index (χ3v) is 5.26. The van der Waals surface area contributed by atoms with Crippen LogP contribution in [0.3, 0.4) is 0 Å². The maximum absolute atomic E-state index is 13.8. The van der Waals surface area contributed by atoms with Crippen LogP contribution in [0.5, 0.6) is 0 Å². The summed E-state index contributed by atoms with van der Waals surface area (Å²) in [6.07, 6.45) is 0. The van der Waals surface area contributed by atoms with Gasteiger partial charge in [-0.3, -0.25) is 9.52 Å². The highest BCUT2D eigenvalue weighted by Crippen LogP contribution is 2.23. The molecule has 0 aliphatic carbocycles. The molecule has 26 heavy (non-hydrogen) atoms. The second kappa shape index (κ2) is 7.38. The fourth-order valence-corrected chi connectivity index (χ4v) is 3.75. The van der Waals surface area contributed by atoms with Crippen LogP contribution >= 0.6 is 0 Å². The second-order valence-corrected chi connectivity index (χ2v) is 7.28. The van der Waals surface area contributed by atoms with Gasteiger partial charge >= 0.3 is 0 Å². The zero-order valence-corrected chi connectivity index (χ0v) is 14.4. The molecule has 9 heteroatoms. The Morgan fingerprint density at radius 2 is 1.77 bits per heavy atom. The number of nitrogens with zero attached hydrogens (tertiary/aromatic N) is 1. The lowest BCUT2D eigenvalue weighted by Crippen LogP contribution is -2.41. The van der Waals surface area contributed by atoms with E-state index in [-0.39, 0.29) is 17.2 Å². The van der Waals surface area contributed by atoms with Crippen molar-refractivity contribution in [1.29, 1.82) is 0 Å². The molecule has 2 aromatic carbocycles. The highest BCUT2D eigenvalue weighted by atomic mass is 32.2. The van der Waals surface area contributed by atoms with Crippen LogP contribution in [0.4, 0.5) is 14.5 Å². The van der Waals surface area contributed by atoms with Crippen LogP contribution in [0, 0.1) is 11.6 Å². The lowest BCUT2D eigenvalue weighted by molar-refractivity contribution is 0.0303. The van der Waals surface area contributed by atoms with Gasteiger partial charge in [0.25, 0.3) is 15.9 Å². The number of hydrogen-bond donors (Lipinski definition) is 1. The van der Waals surface area contributed by atoms with Gasteiger partial charge in [-0.1, -0.05) is 12.1 Å². The van der Waals surface area contributed by atoms with Gasteiger partial charge < -0.3 is 9.64 Å². The van der Waals surface area contributed by atoms with E-state index in [1.807, 2.05) is 0 Å². The van der Waals surface area contributed by atoms with Gasteiger partial charge in [0.2, 0.25) is 0 Å². The Labute approximate surface area is 149 Å². The highest BCUT2D eigenvalue weighted by molar-refractivity contribution is 7.92. The first-order valence-electron chi connectivity index (χ1n) is 7.82. The number of benzene rings is 2. The van der Waals surface area contributed by atoms with E-state index in [1.54, 1.807) is 11.0 Å². The van der Waals surface area contributed by atoms with Crippen molar-refractivity contribution in [3.63, 3.8) is 0 Å². The Morgan fingerprint density at radius 3 is 2.50 bits per heavy atom. The van der Waals surface area contributed by atoms with Crippen molar-refractivity contribution >= 4 is 21.6 Å². The van der Waals surface area contributed by atoms with Crippen molar-refractivity contribution in [2.45, 2.75) is 4.90 Å². The third-order valence-electron chi connectivity index (χ3n) is 3.88. The molecule has 1 heterocycles. The molecule has 6 nitrogen and oxygen atoms in total. The number of anilines is 1. The van der Waals surface area contributed by atoms with Gasteiger partial charge in [0.15, 0.2) is 0 Å². The third kappa shape index (κ3) is 3.83. The topological polar surface area (TPSA) is 75.7 Å². The van der Waals surface area contributed by atoms with Crippen LogP contribution in [-0.4, -0.2) is 45.5 Å². The standard InChI is InChI=1S/C17H16F2N2O4S/c18-12-5-6-14(19)16(11-12)26(23,24)20-15-4-2-1-3-13(15)17(22)21-7-9-25-10-8-21/h1-6,11,20H,7-10H2. The predicted molar refractivity (Wildman–Crippen MR) is 90.3 cm³/mol. The molecule has 0 saturated carbocycles. The van der Waals surface area contributed by atoms with Crippen molar-refractivity contribution in [1.82, 2.24) is 4.90 Å². The molecule has 1 fully saturated rings. The largest absolute Gasteiger partial charge is 0.378 e. The summed E-state index contributed by atoms with van der Waals surface area (Å²) >= 11 is 0. The average molecular weight is 382 g/mol. The summed E-state index contributed by atoms with van der Waals surface area (Å²) in [5, 5.41) is 0. The van der Waals surface area contributed by atoms with E-state index in [0.717, 1.165) is 12.1 Å². The van der Waals surface area contributed by atoms with Gasteiger partial charge in [-0.05, 0) is 30.3 Å². The Bertz CT molecular complexity index is 928. The maximum Gasteiger partial charge on any atom is 0.264 e. The van der Waals surface area contributed by atoms with Crippen LogP contribution in [0.15, 0.2) is 47.4 Å². The lowest BCUT2D eigenvalue weighted by atomic mass is 10.1. The van der Waals surface area contributed by atoms with Crippen molar-refractivity contribution in [2.24, 2.45) is 0 Å². The Balaban J connectivity index is 1.93. The smallest absolute Gasteiger partial charge is 0.264 e. The molecule has 0 unspecified atom stereocenters. The summed E-state index contributed by atoms with van der Waals surface area (Å²) in [4.78, 5) is 13.4. The molecule has 3 rings (SSSR count). The van der Waals surface area contributed by atoms with Crippen molar-refractivity contribution in [3.05, 3.63) is 59.7 Å². The molecule has 1 N–H and O–H groups in total. The molecule has 0 spiro atoms. The number of para-hydroxylation sites is 1. The number of morpholine rings is 1. The van der Waals surface area contributed by atoms with E-state index in [4.69, 9.17) is 4.74 Å². The molecule has 0 radical (unpaired) electrons. The number of rotatable bonds is 4. The molecule has 1 aliphatic heterocycles. The number of carbonyl (C=O) groups is 1. The molecule has 138 valence electrons. The molecule has 0 atom stereocenters. The molecule has 1 aliphatic rings. The predicted octanol–water partition coefficient (Wildman–Crippen LogP) is 2.24. The summed E-state index contributed by atoms with van der Waals surface area (Å²) in [6.45, 7) is 1.57. The molecular formula is C17H16F2N2O4S. The fourth-order valence-electron chi connectivity index (χ4n) is 2.58. The highest BCUT2D eigenvalue weighted by Gasteiger charge is 2.25. The number of carbonyl (C=O) groups excluding carboxylic acids is 1. The molecule has 0 bridgehead atoms. The fraction of sp³-hybridized carbons (Fsp3) is 0.235. The van der Waals surface area contributed by atoms with E-state index in [0.29, 0.717) is 32.4 Å². The summed E-state index contributed by atoms with van der Waals surface area (Å²) in [5.41, 5.74) is 0.113. The zero-order valence-electron chi connectivity index (χ0n) is 13.6. The normalized spacial score (nSPS) is 14.9. The number of amides is 1. The first-order chi connectivity index (χ1) is 12.4. The van der Waals surface area contributed by atoms with Crippen LogP contribution in [0.25, 0.3) is 0 Å². The van der Waals surface area contributed by atoms with Gasteiger partial charge in [-0.2, -0.15) is 0 Å². The minimum absolute atomic E-state index is 0.00680. The zero-order chi connectivity index (χ0) is 18.7. The monoisotopic (exact) mass is 382 g/mol. The number of ether oxygens (including phenoxy) is 1. The minimum Gasteiger partial charge on any atom is -0.378 e. The van der Waals surface area contributed by atoms with Gasteiger partial charge in [0, 0.05) is 13.1 Å². The first-order valence-corrected chi connectivity index (χ1v) is 9.31. The number of hydrogen-bond acceptors (Lipinski definition) is 4. The van der Waals surface area contributed by atoms with Gasteiger partial charge in [-0.15, -0.1) is 0 Å². The molecule has 2 aromatic rings. The molecular weight excluding hydrogens is 366 g/mol. The summed E-state index contributed by atoms with van der Waals surface area (Å²) < 4.78 is 59.5. The Kier molecular flexibility index (Phi) is 5.19. The summed E-state index contributed by atoms with van der Waals surface area (Å²) in [6, 6.07) is 8.13. The molecule has 1 amide bonds. The van der Waals surface area contributed by atoms with Crippen LogP contribution in [0.1, 0.15) is 10.4 Å². The average Bonchev–Trinajstić information content (AvgIpc) is 2.64. The first kappa shape index (κ1) is 18.3. The van der Waals surface area contributed by atoms with Crippen LogP contribution in [-0.2, 0) is 14.8 Å². The van der Waals surface area contributed by atoms with Gasteiger partial charge in [0.1, 0.15) is 16.5 Å². The number of nitrogens with one attached hydrogen (secondary N) is 1. The SMILES string of the molecule is O=C(c1ccccc1NS(=O)(=O)c1cc(F)ccc1F)N1CCOCC1. The van der Waals surface area contributed by atoms with Crippen molar-refractivity contribution in [2.75, 3.05) is 31.0 Å². The van der Waals surface area contributed by atoms with E-state index < -0.39 is 26.6 Å². The number of sulfonamides is 1. The van der Waals surface area contributed by atoms with Crippen LogP contribution < -0.4 is 4.72 Å². The van der Waals surface area contributed by atoms with E-state index in [9.17, 15) is 22.0 Å². The summed E-state index contributed by atoms with van der Waals surface area (Å²) in [7, 11) is -4.41. The van der Waals surface area contributed by atoms with Crippen molar-refractivity contribution in [3.8, 4) is 0 Å². The second-order valence-electron chi connectivity index (χ2n) is 5.63. The maximum atomic E-state index is 13.8. The Morgan fingerprint density at radius 1 is 1.08 bits per heavy atom. The van der Waals surface area contributed by atoms with E-state index in [1.165, 1.54) is 18.2 Å². The van der Waals surface area contributed by atoms with E-state index >= 15 is 0 Å².